The highest BCUT2D eigenvalue weighted by Crippen LogP contribution is 2.30. The van der Waals surface area contributed by atoms with Gasteiger partial charge in [-0.2, -0.15) is 0 Å². The first-order valence-corrected chi connectivity index (χ1v) is 9.23. The van der Waals surface area contributed by atoms with E-state index in [0.717, 1.165) is 43.6 Å². The van der Waals surface area contributed by atoms with Crippen molar-refractivity contribution in [3.05, 3.63) is 36.4 Å². The van der Waals surface area contributed by atoms with Gasteiger partial charge in [0.05, 0.1) is 0 Å². The largest absolute Gasteiger partial charge is 0.369 e. The Labute approximate surface area is 151 Å². The topological polar surface area (TPSA) is 74.5 Å². The molecule has 0 unspecified atom stereocenters. The number of hydrogen-bond donors (Lipinski definition) is 1. The van der Waals surface area contributed by atoms with Crippen LogP contribution in [0.1, 0.15) is 12.8 Å². The summed E-state index contributed by atoms with van der Waals surface area (Å²) in [4.78, 5) is 5.08. The molecule has 1 aliphatic carbocycles. The van der Waals surface area contributed by atoms with Gasteiger partial charge in [0.1, 0.15) is 0 Å². The van der Waals surface area contributed by atoms with Crippen LogP contribution in [0.5, 0.6) is 0 Å². The monoisotopic (exact) mass is 350 g/mol. The Morgan fingerprint density at radius 1 is 1.04 bits per heavy atom. The molecule has 1 saturated heterocycles. The second kappa shape index (κ2) is 6.53. The van der Waals surface area contributed by atoms with Crippen LogP contribution in [0.25, 0.3) is 5.65 Å². The van der Waals surface area contributed by atoms with E-state index in [-0.39, 0.29) is 0 Å². The Bertz CT molecular complexity index is 895. The molecule has 3 aromatic rings. The highest BCUT2D eigenvalue weighted by molar-refractivity contribution is 5.63. The van der Waals surface area contributed by atoms with Gasteiger partial charge >= 0.3 is 0 Å². The number of tetrazole rings is 1. The molecule has 5 rings (SSSR count). The molecule has 0 atom stereocenters. The molecule has 2 aliphatic rings. The van der Waals surface area contributed by atoms with Gasteiger partial charge in [0.25, 0.3) is 0 Å². The zero-order valence-corrected chi connectivity index (χ0v) is 14.6. The summed E-state index contributed by atoms with van der Waals surface area (Å²) < 4.78 is 1.42. The van der Waals surface area contributed by atoms with Crippen molar-refractivity contribution in [1.29, 1.82) is 0 Å². The molecule has 8 nitrogen and oxygen atoms in total. The summed E-state index contributed by atoms with van der Waals surface area (Å²) in [6, 6.07) is 12.2. The Kier molecular flexibility index (Phi) is 3.89. The van der Waals surface area contributed by atoms with Crippen LogP contribution in [-0.2, 0) is 0 Å². The van der Waals surface area contributed by atoms with E-state index >= 15 is 0 Å². The smallest absolute Gasteiger partial charge is 0.200 e. The van der Waals surface area contributed by atoms with E-state index in [1.165, 1.54) is 29.7 Å². The first-order chi connectivity index (χ1) is 12.8. The molecule has 1 saturated carbocycles. The molecule has 8 heteroatoms. The Morgan fingerprint density at radius 3 is 2.77 bits per heavy atom. The van der Waals surface area contributed by atoms with Gasteiger partial charge < -0.3 is 10.2 Å². The minimum atomic E-state index is 0.633. The van der Waals surface area contributed by atoms with E-state index in [1.807, 2.05) is 12.1 Å². The molecule has 0 amide bonds. The van der Waals surface area contributed by atoms with Crippen molar-refractivity contribution in [2.24, 2.45) is 5.92 Å². The molecule has 2 fully saturated rings. The van der Waals surface area contributed by atoms with Crippen molar-refractivity contribution in [2.45, 2.75) is 12.8 Å². The van der Waals surface area contributed by atoms with Gasteiger partial charge in [-0.25, -0.2) is 0 Å². The van der Waals surface area contributed by atoms with Gasteiger partial charge in [0, 0.05) is 44.1 Å². The fourth-order valence-corrected chi connectivity index (χ4v) is 3.50. The fraction of sp³-hybridized carbons (Fsp3) is 0.444. The number of benzene rings is 1. The molecule has 0 radical (unpaired) electrons. The minimum Gasteiger partial charge on any atom is -0.369 e. The highest BCUT2D eigenvalue weighted by Gasteiger charge is 2.26. The van der Waals surface area contributed by atoms with Crippen LogP contribution in [0.3, 0.4) is 0 Å². The first kappa shape index (κ1) is 15.5. The Morgan fingerprint density at radius 2 is 1.92 bits per heavy atom. The van der Waals surface area contributed by atoms with Crippen LogP contribution in [0.15, 0.2) is 36.4 Å². The quantitative estimate of drug-likeness (QED) is 0.752. The number of anilines is 3. The van der Waals surface area contributed by atoms with Crippen LogP contribution in [0.4, 0.5) is 17.2 Å². The minimum absolute atomic E-state index is 0.633. The molecular weight excluding hydrogens is 328 g/mol. The average Bonchev–Trinajstić information content (AvgIpc) is 3.36. The van der Waals surface area contributed by atoms with Crippen LogP contribution < -0.4 is 10.2 Å². The number of nitrogens with one attached hydrogen (secondary N) is 1. The lowest BCUT2D eigenvalue weighted by Crippen LogP contribution is -2.47. The van der Waals surface area contributed by atoms with Crippen molar-refractivity contribution in [1.82, 2.24) is 30.2 Å². The van der Waals surface area contributed by atoms with Gasteiger partial charge in [-0.05, 0) is 59.5 Å². The van der Waals surface area contributed by atoms with Crippen molar-refractivity contribution in [3.8, 4) is 0 Å². The molecular formula is C18H22N8. The third kappa shape index (κ3) is 3.32. The van der Waals surface area contributed by atoms with Crippen molar-refractivity contribution >= 4 is 22.8 Å². The second-order valence-corrected chi connectivity index (χ2v) is 7.15. The molecule has 134 valence electrons. The molecule has 1 N–H and O–H groups in total. The van der Waals surface area contributed by atoms with Crippen LogP contribution in [-0.4, -0.2) is 62.9 Å². The maximum atomic E-state index is 4.37. The van der Waals surface area contributed by atoms with Gasteiger partial charge in [0.15, 0.2) is 11.5 Å². The summed E-state index contributed by atoms with van der Waals surface area (Å²) in [7, 11) is 0. The Balaban J connectivity index is 1.26. The predicted octanol–water partition coefficient (Wildman–Crippen LogP) is 1.79. The molecule has 1 aromatic carbocycles. The van der Waals surface area contributed by atoms with Crippen LogP contribution in [0.2, 0.25) is 0 Å². The van der Waals surface area contributed by atoms with Gasteiger partial charge in [-0.1, -0.05) is 6.07 Å². The number of piperazine rings is 1. The van der Waals surface area contributed by atoms with E-state index in [9.17, 15) is 0 Å². The first-order valence-electron chi connectivity index (χ1n) is 9.23. The van der Waals surface area contributed by atoms with E-state index in [2.05, 4.69) is 60.0 Å². The number of nitrogens with zero attached hydrogens (tertiary/aromatic N) is 7. The van der Waals surface area contributed by atoms with Crippen molar-refractivity contribution in [2.75, 3.05) is 42.9 Å². The SMILES string of the molecule is c1cc(Nc2ccc3nnnn3n2)cc(N2CCN(CC3CC3)CC2)c1. The summed E-state index contributed by atoms with van der Waals surface area (Å²) in [5.41, 5.74) is 2.90. The molecule has 0 bridgehead atoms. The number of fused-ring (bicyclic) bond motifs is 1. The third-order valence-electron chi connectivity index (χ3n) is 5.14. The van der Waals surface area contributed by atoms with E-state index in [4.69, 9.17) is 0 Å². The van der Waals surface area contributed by atoms with Crippen molar-refractivity contribution in [3.63, 3.8) is 0 Å². The van der Waals surface area contributed by atoms with Crippen molar-refractivity contribution < 1.29 is 0 Å². The predicted molar refractivity (Wildman–Crippen MR) is 99.7 cm³/mol. The van der Waals surface area contributed by atoms with Crippen LogP contribution >= 0.6 is 0 Å². The van der Waals surface area contributed by atoms with E-state index in [0.29, 0.717) is 5.65 Å². The summed E-state index contributed by atoms with van der Waals surface area (Å²) >= 11 is 0. The van der Waals surface area contributed by atoms with E-state index < -0.39 is 0 Å². The second-order valence-electron chi connectivity index (χ2n) is 7.15. The maximum Gasteiger partial charge on any atom is 0.200 e. The molecule has 0 spiro atoms. The molecule has 1 aliphatic heterocycles. The highest BCUT2D eigenvalue weighted by atomic mass is 15.6. The standard InChI is InChI=1S/C18H22N8/c1-2-15(19-17-6-7-18-20-22-23-26(18)21-17)12-16(3-1)25-10-8-24(9-11-25)13-14-4-5-14/h1-3,6-7,12,14H,4-5,8-11,13H2,(H,19,21). The number of hydrogen-bond acceptors (Lipinski definition) is 7. The third-order valence-corrected chi connectivity index (χ3v) is 5.14. The lowest BCUT2D eigenvalue weighted by molar-refractivity contribution is 0.248. The maximum absolute atomic E-state index is 4.37. The van der Waals surface area contributed by atoms with Crippen LogP contribution in [0, 0.1) is 5.92 Å². The Hall–Kier alpha value is -2.74. The fourth-order valence-electron chi connectivity index (χ4n) is 3.50. The molecule has 26 heavy (non-hydrogen) atoms. The lowest BCUT2D eigenvalue weighted by atomic mass is 10.2. The molecule has 3 heterocycles. The zero-order valence-electron chi connectivity index (χ0n) is 14.6. The van der Waals surface area contributed by atoms with Gasteiger partial charge in [-0.15, -0.1) is 14.8 Å². The molecule has 2 aromatic heterocycles. The number of rotatable bonds is 5. The number of aromatic nitrogens is 5. The van der Waals surface area contributed by atoms with Gasteiger partial charge in [-0.3, -0.25) is 4.90 Å². The summed E-state index contributed by atoms with van der Waals surface area (Å²) in [5, 5.41) is 19.0. The average molecular weight is 350 g/mol. The zero-order chi connectivity index (χ0) is 17.3. The summed E-state index contributed by atoms with van der Waals surface area (Å²) in [6.45, 7) is 5.79. The van der Waals surface area contributed by atoms with Gasteiger partial charge in [0.2, 0.25) is 0 Å². The normalized spacial score (nSPS) is 18.4. The summed E-state index contributed by atoms with van der Waals surface area (Å²) in [6.07, 6.45) is 2.86. The summed E-state index contributed by atoms with van der Waals surface area (Å²) in [5.74, 6) is 1.69. The van der Waals surface area contributed by atoms with E-state index in [1.54, 1.807) is 0 Å². The lowest BCUT2D eigenvalue weighted by Gasteiger charge is -2.36.